The Morgan fingerprint density at radius 1 is 0.963 bits per heavy atom. The number of nitrogens with zero attached hydrogens (tertiary/aromatic N) is 1. The van der Waals surface area contributed by atoms with Gasteiger partial charge >= 0.3 is 0 Å². The Kier molecular flexibility index (Phi) is 12.3. The van der Waals surface area contributed by atoms with E-state index in [4.69, 9.17) is 9.47 Å². The lowest BCUT2D eigenvalue weighted by Gasteiger charge is -2.14. The summed E-state index contributed by atoms with van der Waals surface area (Å²) >= 11 is 0. The van der Waals surface area contributed by atoms with Crippen molar-refractivity contribution in [1.82, 2.24) is 10.6 Å². The van der Waals surface area contributed by atoms with Crippen LogP contribution in [0, 0.1) is 0 Å². The molecule has 0 heterocycles. The van der Waals surface area contributed by atoms with Crippen molar-refractivity contribution in [2.24, 2.45) is 4.99 Å². The molecule has 0 spiro atoms. The highest BCUT2D eigenvalue weighted by atomic mass is 127. The smallest absolute Gasteiger partial charge is 0.191 e. The number of rotatable bonds is 10. The lowest BCUT2D eigenvalue weighted by atomic mass is 10.2. The largest absolute Gasteiger partial charge is 0.457 e. The highest BCUT2D eigenvalue weighted by Gasteiger charge is 2.05. The number of nitrogens with one attached hydrogen (secondary N) is 2. The summed E-state index contributed by atoms with van der Waals surface area (Å²) in [6.07, 6.45) is 2.10. The number of unbranched alkanes of at least 4 members (excludes halogenated alkanes) is 1. The fraction of sp³-hybridized carbons (Fsp3) is 0.381. The van der Waals surface area contributed by atoms with Crippen molar-refractivity contribution in [2.75, 3.05) is 26.8 Å². The van der Waals surface area contributed by atoms with Crippen LogP contribution >= 0.6 is 24.0 Å². The molecule has 0 bridgehead atoms. The van der Waals surface area contributed by atoms with E-state index in [9.17, 15) is 0 Å². The minimum Gasteiger partial charge on any atom is -0.457 e. The Labute approximate surface area is 179 Å². The van der Waals surface area contributed by atoms with Crippen LogP contribution in [0.25, 0.3) is 0 Å². The standard InChI is InChI=1S/C21H29N3O2.HI/c1-3-25-16-10-9-15-23-21(22-2)24-17-18-11-7-8-14-20(18)26-19-12-5-4-6-13-19;/h4-8,11-14H,3,9-10,15-17H2,1-2H3,(H2,22,23,24);1H. The number of guanidine groups is 1. The zero-order chi connectivity index (χ0) is 18.5. The third-order valence-corrected chi connectivity index (χ3v) is 3.83. The first kappa shape index (κ1) is 23.2. The Bertz CT molecular complexity index is 665. The SMILES string of the molecule is CCOCCCCNC(=NC)NCc1ccccc1Oc1ccccc1.I. The van der Waals surface area contributed by atoms with E-state index in [1.54, 1.807) is 7.05 Å². The number of hydrogen-bond donors (Lipinski definition) is 2. The quantitative estimate of drug-likeness (QED) is 0.225. The Balaban J connectivity index is 0.00000364. The first-order valence-electron chi connectivity index (χ1n) is 9.16. The molecule has 0 aliphatic heterocycles. The van der Waals surface area contributed by atoms with Gasteiger partial charge in [-0.3, -0.25) is 4.99 Å². The van der Waals surface area contributed by atoms with E-state index in [1.807, 2.05) is 55.5 Å². The summed E-state index contributed by atoms with van der Waals surface area (Å²) in [5.41, 5.74) is 1.08. The molecule has 0 unspecified atom stereocenters. The highest BCUT2D eigenvalue weighted by Crippen LogP contribution is 2.24. The van der Waals surface area contributed by atoms with Gasteiger partial charge in [0, 0.05) is 38.9 Å². The second-order valence-corrected chi connectivity index (χ2v) is 5.78. The Morgan fingerprint density at radius 2 is 1.70 bits per heavy atom. The molecule has 0 aromatic heterocycles. The van der Waals surface area contributed by atoms with Crippen LogP contribution in [0.5, 0.6) is 11.5 Å². The predicted octanol–water partition coefficient (Wildman–Crippen LogP) is 4.58. The first-order valence-corrected chi connectivity index (χ1v) is 9.16. The highest BCUT2D eigenvalue weighted by molar-refractivity contribution is 14.0. The zero-order valence-corrected chi connectivity index (χ0v) is 18.4. The molecule has 5 nitrogen and oxygen atoms in total. The molecule has 0 aliphatic carbocycles. The summed E-state index contributed by atoms with van der Waals surface area (Å²) in [5, 5.41) is 6.67. The van der Waals surface area contributed by atoms with Crippen LogP contribution in [0.15, 0.2) is 59.6 Å². The normalized spacial score (nSPS) is 10.8. The molecule has 0 fully saturated rings. The van der Waals surface area contributed by atoms with E-state index in [2.05, 4.69) is 21.7 Å². The molecule has 2 aromatic rings. The molecule has 2 N–H and O–H groups in total. The molecule has 0 aliphatic rings. The summed E-state index contributed by atoms with van der Waals surface area (Å²) in [6, 6.07) is 17.8. The molecular weight excluding hydrogens is 453 g/mol. The average Bonchev–Trinajstić information content (AvgIpc) is 2.69. The van der Waals surface area contributed by atoms with E-state index >= 15 is 0 Å². The molecule has 0 amide bonds. The van der Waals surface area contributed by atoms with Gasteiger partial charge in [0.05, 0.1) is 0 Å². The third kappa shape index (κ3) is 9.10. The van der Waals surface area contributed by atoms with Crippen molar-refractivity contribution in [2.45, 2.75) is 26.3 Å². The van der Waals surface area contributed by atoms with Crippen molar-refractivity contribution in [1.29, 1.82) is 0 Å². The van der Waals surface area contributed by atoms with Crippen LogP contribution in [0.3, 0.4) is 0 Å². The maximum Gasteiger partial charge on any atom is 0.191 e. The van der Waals surface area contributed by atoms with Crippen molar-refractivity contribution in [3.63, 3.8) is 0 Å². The Hall–Kier alpha value is -1.80. The number of aliphatic imine (C=N–C) groups is 1. The van der Waals surface area contributed by atoms with Gasteiger partial charge in [-0.15, -0.1) is 24.0 Å². The van der Waals surface area contributed by atoms with E-state index in [-0.39, 0.29) is 24.0 Å². The second kappa shape index (κ2) is 14.3. The maximum absolute atomic E-state index is 6.00. The molecular formula is C21H30IN3O2. The van der Waals surface area contributed by atoms with Gasteiger partial charge in [-0.25, -0.2) is 0 Å². The van der Waals surface area contributed by atoms with E-state index in [1.165, 1.54) is 0 Å². The molecule has 0 saturated heterocycles. The van der Waals surface area contributed by atoms with Gasteiger partial charge in [0.25, 0.3) is 0 Å². The summed E-state index contributed by atoms with van der Waals surface area (Å²) in [4.78, 5) is 4.27. The van der Waals surface area contributed by atoms with Crippen molar-refractivity contribution in [3.8, 4) is 11.5 Å². The van der Waals surface area contributed by atoms with Gasteiger partial charge in [0.1, 0.15) is 11.5 Å². The van der Waals surface area contributed by atoms with Gasteiger partial charge in [-0.1, -0.05) is 36.4 Å². The molecule has 2 rings (SSSR count). The minimum absolute atomic E-state index is 0. The van der Waals surface area contributed by atoms with Gasteiger partial charge in [0.15, 0.2) is 5.96 Å². The van der Waals surface area contributed by atoms with E-state index < -0.39 is 0 Å². The molecule has 6 heteroatoms. The van der Waals surface area contributed by atoms with Crippen LogP contribution in [0.4, 0.5) is 0 Å². The van der Waals surface area contributed by atoms with Crippen molar-refractivity contribution < 1.29 is 9.47 Å². The summed E-state index contributed by atoms with van der Waals surface area (Å²) in [6.45, 7) is 5.12. The van der Waals surface area contributed by atoms with Crippen LogP contribution in [-0.4, -0.2) is 32.8 Å². The van der Waals surface area contributed by atoms with Crippen LogP contribution in [-0.2, 0) is 11.3 Å². The molecule has 27 heavy (non-hydrogen) atoms. The number of para-hydroxylation sites is 2. The zero-order valence-electron chi connectivity index (χ0n) is 16.1. The van der Waals surface area contributed by atoms with E-state index in [0.29, 0.717) is 6.54 Å². The molecule has 0 radical (unpaired) electrons. The third-order valence-electron chi connectivity index (χ3n) is 3.83. The van der Waals surface area contributed by atoms with Crippen LogP contribution < -0.4 is 15.4 Å². The number of hydrogen-bond acceptors (Lipinski definition) is 3. The molecule has 148 valence electrons. The maximum atomic E-state index is 6.00. The topological polar surface area (TPSA) is 54.9 Å². The van der Waals surface area contributed by atoms with Crippen molar-refractivity contribution in [3.05, 3.63) is 60.2 Å². The van der Waals surface area contributed by atoms with E-state index in [0.717, 1.165) is 55.6 Å². The summed E-state index contributed by atoms with van der Waals surface area (Å²) in [5.74, 6) is 2.46. The van der Waals surface area contributed by atoms with Crippen LogP contribution in [0.2, 0.25) is 0 Å². The van der Waals surface area contributed by atoms with Gasteiger partial charge in [-0.05, 0) is 38.0 Å². The lowest BCUT2D eigenvalue weighted by Crippen LogP contribution is -2.37. The first-order chi connectivity index (χ1) is 12.8. The Morgan fingerprint density at radius 3 is 2.44 bits per heavy atom. The van der Waals surface area contributed by atoms with Crippen molar-refractivity contribution >= 4 is 29.9 Å². The van der Waals surface area contributed by atoms with Gasteiger partial charge < -0.3 is 20.1 Å². The van der Waals surface area contributed by atoms with Crippen LogP contribution in [0.1, 0.15) is 25.3 Å². The molecule has 2 aromatic carbocycles. The predicted molar refractivity (Wildman–Crippen MR) is 122 cm³/mol. The second-order valence-electron chi connectivity index (χ2n) is 5.78. The summed E-state index contributed by atoms with van der Waals surface area (Å²) in [7, 11) is 1.78. The minimum atomic E-state index is 0. The number of benzene rings is 2. The van der Waals surface area contributed by atoms with Gasteiger partial charge in [-0.2, -0.15) is 0 Å². The lowest BCUT2D eigenvalue weighted by molar-refractivity contribution is 0.143. The number of ether oxygens (including phenoxy) is 2. The number of halogens is 1. The van der Waals surface area contributed by atoms with Gasteiger partial charge in [0.2, 0.25) is 0 Å². The monoisotopic (exact) mass is 483 g/mol. The molecule has 0 saturated carbocycles. The fourth-order valence-electron chi connectivity index (χ4n) is 2.44. The summed E-state index contributed by atoms with van der Waals surface area (Å²) < 4.78 is 11.3. The molecule has 0 atom stereocenters. The average molecular weight is 483 g/mol. The fourth-order valence-corrected chi connectivity index (χ4v) is 2.44.